The van der Waals surface area contributed by atoms with Crippen LogP contribution in [0, 0.1) is 21.7 Å². The van der Waals surface area contributed by atoms with E-state index in [-0.39, 0.29) is 13.2 Å². The molecule has 0 aliphatic rings. The largest absolute Gasteiger partial charge is 0.395 e. The number of nitrogens with one attached hydrogen (secondary N) is 1. The molecular weight excluding hydrogens is 238 g/mol. The number of aliphatic hydroxyl groups excluding tert-OH is 1. The van der Waals surface area contributed by atoms with Crippen LogP contribution < -0.4 is 5.32 Å². The van der Waals surface area contributed by atoms with Crippen LogP contribution in [0.2, 0.25) is 0 Å². The Balaban J connectivity index is 3.15. The number of hydrogen-bond donors (Lipinski definition) is 2. The maximum atomic E-state index is 13.4. The zero-order chi connectivity index (χ0) is 13.0. The number of nitrogens with zero attached hydrogens (tertiary/aromatic N) is 1. The Kier molecular flexibility index (Phi) is 4.05. The summed E-state index contributed by atoms with van der Waals surface area (Å²) in [6.45, 7) is -0.548. The van der Waals surface area contributed by atoms with Crippen LogP contribution >= 0.6 is 0 Å². The Hall–Kier alpha value is -2.09. The van der Waals surface area contributed by atoms with Crippen molar-refractivity contribution in [2.45, 2.75) is 0 Å². The van der Waals surface area contributed by atoms with Gasteiger partial charge in [0.2, 0.25) is 5.82 Å². The van der Waals surface area contributed by atoms with Gasteiger partial charge < -0.3 is 10.4 Å². The lowest BCUT2D eigenvalue weighted by molar-refractivity contribution is -0.387. The molecule has 0 saturated carbocycles. The number of carbonyl (C=O) groups excluding carboxylic acids is 1. The number of halogens is 2. The number of amides is 1. The number of nitro benzene ring substituents is 1. The van der Waals surface area contributed by atoms with Gasteiger partial charge in [-0.25, -0.2) is 4.39 Å². The molecule has 0 aliphatic carbocycles. The highest BCUT2D eigenvalue weighted by molar-refractivity contribution is 5.95. The summed E-state index contributed by atoms with van der Waals surface area (Å²) in [5.41, 5.74) is -1.88. The van der Waals surface area contributed by atoms with E-state index in [0.29, 0.717) is 12.1 Å². The average molecular weight is 246 g/mol. The van der Waals surface area contributed by atoms with Crippen LogP contribution in [-0.2, 0) is 0 Å². The fraction of sp³-hybridized carbons (Fsp3) is 0.222. The zero-order valence-electron chi connectivity index (χ0n) is 8.44. The van der Waals surface area contributed by atoms with E-state index in [1.807, 2.05) is 0 Å². The van der Waals surface area contributed by atoms with Crippen LogP contribution in [0.3, 0.4) is 0 Å². The first-order chi connectivity index (χ1) is 7.97. The molecule has 0 heterocycles. The molecule has 0 unspecified atom stereocenters. The van der Waals surface area contributed by atoms with Gasteiger partial charge in [-0.1, -0.05) is 0 Å². The van der Waals surface area contributed by atoms with E-state index in [1.165, 1.54) is 0 Å². The Morgan fingerprint density at radius 1 is 1.47 bits per heavy atom. The Morgan fingerprint density at radius 2 is 2.12 bits per heavy atom. The van der Waals surface area contributed by atoms with E-state index in [4.69, 9.17) is 5.11 Å². The van der Waals surface area contributed by atoms with Crippen molar-refractivity contribution in [3.05, 3.63) is 39.4 Å². The topological polar surface area (TPSA) is 92.5 Å². The van der Waals surface area contributed by atoms with Crippen LogP contribution in [-0.4, -0.2) is 29.1 Å². The van der Waals surface area contributed by atoms with Crippen molar-refractivity contribution < 1.29 is 23.6 Å². The first-order valence-electron chi connectivity index (χ1n) is 4.50. The molecule has 0 fully saturated rings. The highest BCUT2D eigenvalue weighted by atomic mass is 19.1. The molecule has 0 saturated heterocycles. The summed E-state index contributed by atoms with van der Waals surface area (Å²) in [4.78, 5) is 20.6. The second-order valence-electron chi connectivity index (χ2n) is 3.02. The highest BCUT2D eigenvalue weighted by Crippen LogP contribution is 2.22. The van der Waals surface area contributed by atoms with Crippen LogP contribution in [0.1, 0.15) is 10.4 Å². The van der Waals surface area contributed by atoms with Gasteiger partial charge in [0.05, 0.1) is 23.2 Å². The molecule has 0 atom stereocenters. The number of rotatable bonds is 4. The number of carbonyl (C=O) groups is 1. The van der Waals surface area contributed by atoms with Crippen molar-refractivity contribution in [2.75, 3.05) is 13.2 Å². The summed E-state index contributed by atoms with van der Waals surface area (Å²) in [6, 6.07) is 0.938. The fourth-order valence-electron chi connectivity index (χ4n) is 1.14. The minimum absolute atomic E-state index is 0.164. The Labute approximate surface area is 94.0 Å². The second kappa shape index (κ2) is 5.30. The van der Waals surface area contributed by atoms with Gasteiger partial charge in [-0.05, 0) is 6.07 Å². The third-order valence-corrected chi connectivity index (χ3v) is 1.86. The average Bonchev–Trinajstić information content (AvgIpc) is 2.28. The molecule has 92 valence electrons. The molecular formula is C9H8F2N2O4. The Morgan fingerprint density at radius 3 is 2.65 bits per heavy atom. The van der Waals surface area contributed by atoms with E-state index in [2.05, 4.69) is 5.32 Å². The van der Waals surface area contributed by atoms with Crippen LogP contribution in [0.15, 0.2) is 12.1 Å². The van der Waals surface area contributed by atoms with Crippen LogP contribution in [0.5, 0.6) is 0 Å². The summed E-state index contributed by atoms with van der Waals surface area (Å²) in [7, 11) is 0. The maximum Gasteiger partial charge on any atom is 0.308 e. The molecule has 6 nitrogen and oxygen atoms in total. The summed E-state index contributed by atoms with van der Waals surface area (Å²) in [5.74, 6) is -3.53. The third-order valence-electron chi connectivity index (χ3n) is 1.86. The molecule has 0 spiro atoms. The predicted octanol–water partition coefficient (Wildman–Crippen LogP) is 0.595. The lowest BCUT2D eigenvalue weighted by atomic mass is 10.1. The van der Waals surface area contributed by atoms with Crippen molar-refractivity contribution in [1.82, 2.24) is 5.32 Å². The van der Waals surface area contributed by atoms with E-state index in [1.54, 1.807) is 0 Å². The first kappa shape index (κ1) is 13.0. The zero-order valence-corrected chi connectivity index (χ0v) is 8.44. The quantitative estimate of drug-likeness (QED) is 0.600. The molecule has 1 amide bonds. The van der Waals surface area contributed by atoms with Crippen LogP contribution in [0.25, 0.3) is 0 Å². The molecule has 0 aromatic heterocycles. The minimum Gasteiger partial charge on any atom is -0.395 e. The van der Waals surface area contributed by atoms with E-state index >= 15 is 0 Å². The number of nitro groups is 1. The van der Waals surface area contributed by atoms with Gasteiger partial charge in [0.1, 0.15) is 5.82 Å². The van der Waals surface area contributed by atoms with Crippen molar-refractivity contribution in [3.63, 3.8) is 0 Å². The van der Waals surface area contributed by atoms with E-state index in [0.717, 1.165) is 0 Å². The molecule has 2 N–H and O–H groups in total. The van der Waals surface area contributed by atoms with Gasteiger partial charge in [-0.15, -0.1) is 0 Å². The standard InChI is InChI=1S/C9H8F2N2O4/c10-5-3-6(9(15)12-1-2-14)8(11)7(4-5)13(16)17/h3-4,14H,1-2H2,(H,12,15). The maximum absolute atomic E-state index is 13.4. The fourth-order valence-corrected chi connectivity index (χ4v) is 1.14. The monoisotopic (exact) mass is 246 g/mol. The molecule has 0 bridgehead atoms. The highest BCUT2D eigenvalue weighted by Gasteiger charge is 2.23. The number of aliphatic hydroxyl groups is 1. The van der Waals surface area contributed by atoms with Crippen molar-refractivity contribution >= 4 is 11.6 Å². The normalized spacial score (nSPS) is 10.1. The summed E-state index contributed by atoms with van der Waals surface area (Å²) >= 11 is 0. The van der Waals surface area contributed by atoms with E-state index < -0.39 is 33.7 Å². The number of hydrogen-bond acceptors (Lipinski definition) is 4. The molecule has 8 heteroatoms. The first-order valence-corrected chi connectivity index (χ1v) is 4.50. The van der Waals surface area contributed by atoms with Crippen molar-refractivity contribution in [3.8, 4) is 0 Å². The summed E-state index contributed by atoms with van der Waals surface area (Å²) < 4.78 is 26.4. The lowest BCUT2D eigenvalue weighted by Gasteiger charge is -2.04. The van der Waals surface area contributed by atoms with Gasteiger partial charge in [-0.3, -0.25) is 14.9 Å². The molecule has 17 heavy (non-hydrogen) atoms. The molecule has 1 aromatic rings. The van der Waals surface area contributed by atoms with Gasteiger partial charge in [0.15, 0.2) is 0 Å². The SMILES string of the molecule is O=C(NCCO)c1cc(F)cc([N+](=O)[O-])c1F. The summed E-state index contributed by atoms with van der Waals surface area (Å²) in [6.07, 6.45) is 0. The molecule has 0 aliphatic heterocycles. The van der Waals surface area contributed by atoms with Crippen molar-refractivity contribution in [2.24, 2.45) is 0 Å². The van der Waals surface area contributed by atoms with Gasteiger partial charge in [0, 0.05) is 6.54 Å². The van der Waals surface area contributed by atoms with Gasteiger partial charge in [-0.2, -0.15) is 4.39 Å². The second-order valence-corrected chi connectivity index (χ2v) is 3.02. The minimum atomic E-state index is -1.41. The number of benzene rings is 1. The summed E-state index contributed by atoms with van der Waals surface area (Å²) in [5, 5.41) is 20.9. The molecule has 1 aromatic carbocycles. The molecule has 0 radical (unpaired) electrons. The smallest absolute Gasteiger partial charge is 0.308 e. The van der Waals surface area contributed by atoms with E-state index in [9.17, 15) is 23.7 Å². The predicted molar refractivity (Wildman–Crippen MR) is 52.4 cm³/mol. The Bertz CT molecular complexity index is 465. The van der Waals surface area contributed by atoms with Gasteiger partial charge >= 0.3 is 5.69 Å². The third kappa shape index (κ3) is 2.94. The van der Waals surface area contributed by atoms with Crippen molar-refractivity contribution in [1.29, 1.82) is 0 Å². The van der Waals surface area contributed by atoms with Gasteiger partial charge in [0.25, 0.3) is 5.91 Å². The van der Waals surface area contributed by atoms with Crippen LogP contribution in [0.4, 0.5) is 14.5 Å². The molecule has 1 rings (SSSR count). The lowest BCUT2D eigenvalue weighted by Crippen LogP contribution is -2.27.